The normalized spacial score (nSPS) is 12.6. The number of aromatic nitrogens is 1. The van der Waals surface area contributed by atoms with Gasteiger partial charge in [-0.2, -0.15) is 0 Å². The number of hydrogen-bond acceptors (Lipinski definition) is 7. The van der Waals surface area contributed by atoms with Gasteiger partial charge in [-0.05, 0) is 50.0 Å². The summed E-state index contributed by atoms with van der Waals surface area (Å²) in [5, 5.41) is 10.3. The molecule has 0 fully saturated rings. The van der Waals surface area contributed by atoms with Crippen LogP contribution < -0.4 is 9.47 Å². The molecule has 0 aliphatic rings. The summed E-state index contributed by atoms with van der Waals surface area (Å²) < 4.78 is 17.2. The van der Waals surface area contributed by atoms with Crippen molar-refractivity contribution in [1.82, 2.24) is 14.8 Å². The average Bonchev–Trinajstić information content (AvgIpc) is 3.18. The van der Waals surface area contributed by atoms with Crippen LogP contribution in [0, 0.1) is 0 Å². The molecular formula is C24H33N3O4. The van der Waals surface area contributed by atoms with E-state index < -0.39 is 6.10 Å². The Morgan fingerprint density at radius 3 is 2.55 bits per heavy atom. The molecule has 0 amide bonds. The number of likely N-dealkylation sites (N-methyl/N-ethyl adjacent to an activating group) is 1. The molecule has 0 aliphatic heterocycles. The highest BCUT2D eigenvalue weighted by atomic mass is 16.5. The maximum atomic E-state index is 10.3. The van der Waals surface area contributed by atoms with E-state index in [1.165, 1.54) is 0 Å². The van der Waals surface area contributed by atoms with Crippen LogP contribution in [0.4, 0.5) is 0 Å². The summed E-state index contributed by atoms with van der Waals surface area (Å²) >= 11 is 0. The van der Waals surface area contributed by atoms with Crippen molar-refractivity contribution in [1.29, 1.82) is 0 Å². The lowest BCUT2D eigenvalue weighted by Gasteiger charge is -2.22. The number of ether oxygens (including phenoxy) is 2. The van der Waals surface area contributed by atoms with Gasteiger partial charge in [0.1, 0.15) is 18.2 Å². The van der Waals surface area contributed by atoms with E-state index >= 15 is 0 Å². The fourth-order valence-electron chi connectivity index (χ4n) is 3.54. The first-order valence-electron chi connectivity index (χ1n) is 10.8. The minimum atomic E-state index is -0.560. The molecule has 7 nitrogen and oxygen atoms in total. The summed E-state index contributed by atoms with van der Waals surface area (Å²) in [5.41, 5.74) is 2.75. The predicted octanol–water partition coefficient (Wildman–Crippen LogP) is 3.55. The van der Waals surface area contributed by atoms with Gasteiger partial charge in [0.15, 0.2) is 17.1 Å². The van der Waals surface area contributed by atoms with E-state index in [-0.39, 0.29) is 6.61 Å². The third-order valence-electron chi connectivity index (χ3n) is 5.22. The molecule has 3 rings (SSSR count). The molecule has 0 saturated carbocycles. The number of methoxy groups -OCH3 is 1. The van der Waals surface area contributed by atoms with Gasteiger partial charge in [0.25, 0.3) is 0 Å². The zero-order chi connectivity index (χ0) is 22.2. The van der Waals surface area contributed by atoms with Gasteiger partial charge in [0, 0.05) is 13.1 Å². The fraction of sp³-hybridized carbons (Fsp3) is 0.458. The summed E-state index contributed by atoms with van der Waals surface area (Å²) in [7, 11) is 3.64. The van der Waals surface area contributed by atoms with Gasteiger partial charge < -0.3 is 23.9 Å². The van der Waals surface area contributed by atoms with Crippen molar-refractivity contribution in [3.63, 3.8) is 0 Å². The Morgan fingerprint density at radius 1 is 1.06 bits per heavy atom. The van der Waals surface area contributed by atoms with Crippen LogP contribution in [0.3, 0.4) is 0 Å². The van der Waals surface area contributed by atoms with Crippen LogP contribution in [-0.2, 0) is 13.1 Å². The Hall–Kier alpha value is -2.61. The molecule has 1 N–H and O–H groups in total. The minimum absolute atomic E-state index is 0.217. The van der Waals surface area contributed by atoms with E-state index in [9.17, 15) is 5.11 Å². The number of fused-ring (bicyclic) bond motifs is 1. The molecule has 0 saturated heterocycles. The Morgan fingerprint density at radius 2 is 1.84 bits per heavy atom. The van der Waals surface area contributed by atoms with Crippen LogP contribution in [0.25, 0.3) is 11.1 Å². The molecule has 1 atom stereocenters. The van der Waals surface area contributed by atoms with E-state index in [0.717, 1.165) is 29.8 Å². The standard InChI is InChI=1S/C24H33N3O4/c1-5-27(6-2)15-19(28)17-30-23-13-18(11-12-22(23)29-4)14-26(3)16-24-25-20-9-7-8-10-21(20)31-24/h7-13,19,28H,5-6,14-17H2,1-4H3/t19-/m0/s1. The lowest BCUT2D eigenvalue weighted by molar-refractivity contribution is 0.0705. The van der Waals surface area contributed by atoms with Crippen molar-refractivity contribution in [3.8, 4) is 11.5 Å². The topological polar surface area (TPSA) is 71.2 Å². The first kappa shape index (κ1) is 23.1. The van der Waals surface area contributed by atoms with Crippen LogP contribution in [0.15, 0.2) is 46.9 Å². The van der Waals surface area contributed by atoms with Crippen LogP contribution in [0.2, 0.25) is 0 Å². The van der Waals surface area contributed by atoms with Crippen molar-refractivity contribution >= 4 is 11.1 Å². The number of para-hydroxylation sites is 2. The summed E-state index contributed by atoms with van der Waals surface area (Å²) in [6.07, 6.45) is -0.560. The molecule has 168 valence electrons. The largest absolute Gasteiger partial charge is 0.493 e. The number of hydrogen-bond donors (Lipinski definition) is 1. The smallest absolute Gasteiger partial charge is 0.209 e. The second kappa shape index (κ2) is 11.1. The van der Waals surface area contributed by atoms with Crippen LogP contribution in [-0.4, -0.2) is 66.4 Å². The first-order valence-corrected chi connectivity index (χ1v) is 10.8. The minimum Gasteiger partial charge on any atom is -0.493 e. The Balaban J connectivity index is 1.60. The number of oxazole rings is 1. The monoisotopic (exact) mass is 427 g/mol. The molecule has 1 aromatic heterocycles. The molecule has 1 heterocycles. The number of aliphatic hydroxyl groups excluding tert-OH is 1. The molecule has 0 aliphatic carbocycles. The number of aliphatic hydroxyl groups is 1. The SMILES string of the molecule is CCN(CC)C[C@H](O)COc1cc(CN(C)Cc2nc3ccccc3o2)ccc1OC. The number of benzene rings is 2. The van der Waals surface area contributed by atoms with E-state index in [4.69, 9.17) is 13.9 Å². The molecule has 0 bridgehead atoms. The van der Waals surface area contributed by atoms with Crippen LogP contribution in [0.1, 0.15) is 25.3 Å². The van der Waals surface area contributed by atoms with E-state index in [1.807, 2.05) is 49.5 Å². The maximum absolute atomic E-state index is 10.3. The van der Waals surface area contributed by atoms with Gasteiger partial charge >= 0.3 is 0 Å². The fourth-order valence-corrected chi connectivity index (χ4v) is 3.54. The van der Waals surface area contributed by atoms with Crippen molar-refractivity contribution < 1.29 is 19.0 Å². The third kappa shape index (κ3) is 6.43. The third-order valence-corrected chi connectivity index (χ3v) is 5.22. The van der Waals surface area contributed by atoms with Gasteiger partial charge in [-0.3, -0.25) is 4.90 Å². The molecule has 0 spiro atoms. The molecule has 0 radical (unpaired) electrons. The highest BCUT2D eigenvalue weighted by molar-refractivity contribution is 5.72. The van der Waals surface area contributed by atoms with Crippen LogP contribution >= 0.6 is 0 Å². The lowest BCUT2D eigenvalue weighted by atomic mass is 10.2. The van der Waals surface area contributed by atoms with E-state index in [2.05, 4.69) is 28.6 Å². The zero-order valence-electron chi connectivity index (χ0n) is 18.9. The van der Waals surface area contributed by atoms with Crippen molar-refractivity contribution in [2.75, 3.05) is 40.4 Å². The zero-order valence-corrected chi connectivity index (χ0v) is 18.9. The van der Waals surface area contributed by atoms with Gasteiger partial charge in [-0.15, -0.1) is 0 Å². The van der Waals surface area contributed by atoms with Gasteiger partial charge in [-0.1, -0.05) is 32.0 Å². The molecule has 2 aromatic carbocycles. The lowest BCUT2D eigenvalue weighted by Crippen LogP contribution is -2.35. The predicted molar refractivity (Wildman–Crippen MR) is 121 cm³/mol. The molecule has 31 heavy (non-hydrogen) atoms. The summed E-state index contributed by atoms with van der Waals surface area (Å²) in [6, 6.07) is 13.6. The molecule has 0 unspecified atom stereocenters. The molecular weight excluding hydrogens is 394 g/mol. The second-order valence-corrected chi connectivity index (χ2v) is 7.68. The highest BCUT2D eigenvalue weighted by Gasteiger charge is 2.14. The Kier molecular flexibility index (Phi) is 8.28. The summed E-state index contributed by atoms with van der Waals surface area (Å²) in [6.45, 7) is 8.07. The Bertz CT molecular complexity index is 922. The van der Waals surface area contributed by atoms with Gasteiger partial charge in [0.05, 0.1) is 13.7 Å². The first-order chi connectivity index (χ1) is 15.0. The van der Waals surface area contributed by atoms with E-state index in [1.54, 1.807) is 7.11 Å². The van der Waals surface area contributed by atoms with Gasteiger partial charge in [0.2, 0.25) is 5.89 Å². The second-order valence-electron chi connectivity index (χ2n) is 7.68. The van der Waals surface area contributed by atoms with Crippen molar-refractivity contribution in [2.24, 2.45) is 0 Å². The molecule has 3 aromatic rings. The van der Waals surface area contributed by atoms with Crippen molar-refractivity contribution in [3.05, 3.63) is 53.9 Å². The number of nitrogens with zero attached hydrogens (tertiary/aromatic N) is 3. The highest BCUT2D eigenvalue weighted by Crippen LogP contribution is 2.29. The van der Waals surface area contributed by atoms with Crippen molar-refractivity contribution in [2.45, 2.75) is 33.0 Å². The molecule has 7 heteroatoms. The summed E-state index contributed by atoms with van der Waals surface area (Å²) in [5.74, 6) is 1.97. The van der Waals surface area contributed by atoms with E-state index in [0.29, 0.717) is 37.0 Å². The maximum Gasteiger partial charge on any atom is 0.209 e. The summed E-state index contributed by atoms with van der Waals surface area (Å²) in [4.78, 5) is 8.84. The van der Waals surface area contributed by atoms with Gasteiger partial charge in [-0.25, -0.2) is 4.98 Å². The van der Waals surface area contributed by atoms with Crippen LogP contribution in [0.5, 0.6) is 11.5 Å². The Labute approximate surface area is 184 Å². The quantitative estimate of drug-likeness (QED) is 0.474. The number of rotatable bonds is 12. The average molecular weight is 428 g/mol.